The summed E-state index contributed by atoms with van der Waals surface area (Å²) in [4.78, 5) is 16.9. The quantitative estimate of drug-likeness (QED) is 0.572. The van der Waals surface area contributed by atoms with Crippen molar-refractivity contribution in [3.05, 3.63) is 53.4 Å². The van der Waals surface area contributed by atoms with Gasteiger partial charge in [0.05, 0.1) is 18.1 Å². The van der Waals surface area contributed by atoms with Gasteiger partial charge in [0.15, 0.2) is 9.84 Å². The average Bonchev–Trinajstić information content (AvgIpc) is 3.43. The molecule has 4 rings (SSSR count). The predicted octanol–water partition coefficient (Wildman–Crippen LogP) is 1.27. The van der Waals surface area contributed by atoms with Crippen LogP contribution in [0.3, 0.4) is 0 Å². The van der Waals surface area contributed by atoms with Crippen LogP contribution in [0.4, 0.5) is 0 Å². The highest BCUT2D eigenvalue weighted by Gasteiger charge is 2.36. The van der Waals surface area contributed by atoms with E-state index in [9.17, 15) is 21.6 Å². The van der Waals surface area contributed by atoms with E-state index in [1.807, 2.05) is 35.2 Å². The van der Waals surface area contributed by atoms with Crippen LogP contribution in [0.15, 0.2) is 52.1 Å². The maximum atomic E-state index is 13.2. The molecule has 0 N–H and O–H groups in total. The Labute approximate surface area is 193 Å². The van der Waals surface area contributed by atoms with Crippen molar-refractivity contribution in [2.24, 2.45) is 0 Å². The van der Waals surface area contributed by atoms with Crippen molar-refractivity contribution in [2.75, 3.05) is 44.2 Å². The molecule has 0 bridgehead atoms. The Morgan fingerprint density at radius 2 is 1.78 bits per heavy atom. The zero-order chi connectivity index (χ0) is 22.8. The minimum Gasteiger partial charge on any atom is -0.333 e. The second-order valence-corrected chi connectivity index (χ2v) is 13.5. The molecular weight excluding hydrogens is 470 g/mol. The van der Waals surface area contributed by atoms with E-state index in [4.69, 9.17) is 0 Å². The molecular formula is C21H27N3O5S3. The first-order valence-corrected chi connectivity index (χ1v) is 14.7. The fourth-order valence-corrected chi connectivity index (χ4v) is 8.47. The van der Waals surface area contributed by atoms with E-state index in [-0.39, 0.29) is 30.0 Å². The van der Waals surface area contributed by atoms with Crippen LogP contribution in [0.1, 0.15) is 12.0 Å². The Morgan fingerprint density at radius 1 is 1.06 bits per heavy atom. The number of amides is 1. The van der Waals surface area contributed by atoms with Crippen molar-refractivity contribution in [1.29, 1.82) is 0 Å². The smallest absolute Gasteiger partial charge is 0.252 e. The minimum atomic E-state index is -3.49. The van der Waals surface area contributed by atoms with Gasteiger partial charge in [-0.15, -0.1) is 11.3 Å². The van der Waals surface area contributed by atoms with Crippen molar-refractivity contribution < 1.29 is 21.6 Å². The molecule has 0 aliphatic carbocycles. The van der Waals surface area contributed by atoms with E-state index in [0.717, 1.165) is 5.56 Å². The molecule has 2 aliphatic rings. The van der Waals surface area contributed by atoms with E-state index >= 15 is 0 Å². The number of carbonyl (C=O) groups is 1. The van der Waals surface area contributed by atoms with Crippen molar-refractivity contribution >= 4 is 37.1 Å². The summed E-state index contributed by atoms with van der Waals surface area (Å²) < 4.78 is 51.3. The van der Waals surface area contributed by atoms with Gasteiger partial charge in [-0.05, 0) is 23.4 Å². The first-order chi connectivity index (χ1) is 15.2. The summed E-state index contributed by atoms with van der Waals surface area (Å²) in [7, 11) is -6.61. The molecule has 2 aliphatic heterocycles. The second kappa shape index (κ2) is 9.60. The molecule has 1 amide bonds. The molecule has 0 unspecified atom stereocenters. The average molecular weight is 498 g/mol. The van der Waals surface area contributed by atoms with E-state index < -0.39 is 19.9 Å². The number of sulfonamides is 1. The van der Waals surface area contributed by atoms with Crippen molar-refractivity contribution in [1.82, 2.24) is 14.1 Å². The van der Waals surface area contributed by atoms with Crippen LogP contribution >= 0.6 is 11.3 Å². The summed E-state index contributed by atoms with van der Waals surface area (Å²) in [6, 6.07) is 12.6. The summed E-state index contributed by atoms with van der Waals surface area (Å²) >= 11 is 1.20. The molecule has 3 heterocycles. The highest BCUT2D eigenvalue weighted by Crippen LogP contribution is 2.23. The van der Waals surface area contributed by atoms with E-state index in [1.165, 1.54) is 15.6 Å². The highest BCUT2D eigenvalue weighted by atomic mass is 32.2. The lowest BCUT2D eigenvalue weighted by Crippen LogP contribution is -2.52. The fourth-order valence-electron chi connectivity index (χ4n) is 4.17. The number of benzene rings is 1. The molecule has 11 heteroatoms. The summed E-state index contributed by atoms with van der Waals surface area (Å²) in [5.41, 5.74) is 0.956. The lowest BCUT2D eigenvalue weighted by atomic mass is 10.1. The fraction of sp³-hybridized carbons (Fsp3) is 0.476. The third kappa shape index (κ3) is 5.40. The number of thiophene rings is 1. The molecule has 0 spiro atoms. The van der Waals surface area contributed by atoms with Crippen LogP contribution in [-0.4, -0.2) is 87.1 Å². The van der Waals surface area contributed by atoms with Crippen LogP contribution in [0, 0.1) is 0 Å². The lowest BCUT2D eigenvalue weighted by Gasteiger charge is -2.35. The summed E-state index contributed by atoms with van der Waals surface area (Å²) in [6.07, 6.45) is 0.452. The zero-order valence-electron chi connectivity index (χ0n) is 17.7. The van der Waals surface area contributed by atoms with E-state index in [1.54, 1.807) is 22.4 Å². The highest BCUT2D eigenvalue weighted by molar-refractivity contribution is 7.91. The zero-order valence-corrected chi connectivity index (χ0v) is 20.1. The van der Waals surface area contributed by atoms with E-state index in [0.29, 0.717) is 43.4 Å². The Hall–Kier alpha value is -1.79. The Kier molecular flexibility index (Phi) is 7.01. The first-order valence-electron chi connectivity index (χ1n) is 10.5. The number of rotatable bonds is 7. The molecule has 0 radical (unpaired) electrons. The molecule has 1 atom stereocenters. The van der Waals surface area contributed by atoms with E-state index in [2.05, 4.69) is 0 Å². The van der Waals surface area contributed by atoms with Gasteiger partial charge in [0, 0.05) is 38.8 Å². The van der Waals surface area contributed by atoms with Crippen LogP contribution in [0.5, 0.6) is 0 Å². The monoisotopic (exact) mass is 497 g/mol. The molecule has 2 saturated heterocycles. The number of hydrogen-bond donors (Lipinski definition) is 0. The molecule has 1 aromatic carbocycles. The van der Waals surface area contributed by atoms with Crippen LogP contribution in [-0.2, 0) is 31.2 Å². The summed E-state index contributed by atoms with van der Waals surface area (Å²) in [6.45, 7) is 2.08. The molecule has 8 nitrogen and oxygen atoms in total. The number of piperazine rings is 1. The Bertz CT molecular complexity index is 1130. The molecule has 2 fully saturated rings. The van der Waals surface area contributed by atoms with Gasteiger partial charge in [0.25, 0.3) is 10.0 Å². The van der Waals surface area contributed by atoms with Crippen LogP contribution < -0.4 is 0 Å². The molecule has 1 aromatic heterocycles. The minimum absolute atomic E-state index is 0.00158. The normalized spacial score (nSPS) is 22.1. The summed E-state index contributed by atoms with van der Waals surface area (Å²) in [5, 5.41) is 1.74. The third-order valence-corrected chi connectivity index (χ3v) is 11.0. The summed E-state index contributed by atoms with van der Waals surface area (Å²) in [5.74, 6) is -0.0148. The molecule has 32 heavy (non-hydrogen) atoms. The van der Waals surface area contributed by atoms with Gasteiger partial charge in [-0.2, -0.15) is 4.31 Å². The first kappa shape index (κ1) is 23.4. The van der Waals surface area contributed by atoms with Gasteiger partial charge in [-0.3, -0.25) is 9.69 Å². The maximum absolute atomic E-state index is 13.2. The standard InChI is InChI=1S/C21H27N3O5S3/c25-20(16-22-9-11-23(12-10-22)32(28,29)21-7-4-13-30-21)24(15-18-5-2-1-3-6-18)19-8-14-31(26,27)17-19/h1-7,13,19H,8-12,14-17H2/t19-/m0/s1. The van der Waals surface area contributed by atoms with Crippen molar-refractivity contribution in [2.45, 2.75) is 23.2 Å². The Balaban J connectivity index is 1.40. The number of sulfone groups is 1. The van der Waals surface area contributed by atoms with Crippen molar-refractivity contribution in [3.63, 3.8) is 0 Å². The van der Waals surface area contributed by atoms with Gasteiger partial charge in [-0.25, -0.2) is 16.8 Å². The van der Waals surface area contributed by atoms with Crippen LogP contribution in [0.2, 0.25) is 0 Å². The largest absolute Gasteiger partial charge is 0.333 e. The third-order valence-electron chi connectivity index (χ3n) is 5.94. The molecule has 2 aromatic rings. The van der Waals surface area contributed by atoms with Gasteiger partial charge < -0.3 is 4.90 Å². The second-order valence-electron chi connectivity index (χ2n) is 8.18. The van der Waals surface area contributed by atoms with Crippen molar-refractivity contribution in [3.8, 4) is 0 Å². The van der Waals surface area contributed by atoms with Gasteiger partial charge >= 0.3 is 0 Å². The number of nitrogens with zero attached hydrogens (tertiary/aromatic N) is 3. The van der Waals surface area contributed by atoms with Gasteiger partial charge in [-0.1, -0.05) is 36.4 Å². The predicted molar refractivity (Wildman–Crippen MR) is 124 cm³/mol. The molecule has 0 saturated carbocycles. The topological polar surface area (TPSA) is 95.1 Å². The Morgan fingerprint density at radius 3 is 2.38 bits per heavy atom. The lowest BCUT2D eigenvalue weighted by molar-refractivity contribution is -0.135. The van der Waals surface area contributed by atoms with Gasteiger partial charge in [0.1, 0.15) is 4.21 Å². The van der Waals surface area contributed by atoms with Gasteiger partial charge in [0.2, 0.25) is 5.91 Å². The number of carbonyl (C=O) groups excluding carboxylic acids is 1. The van der Waals surface area contributed by atoms with Crippen LogP contribution in [0.25, 0.3) is 0 Å². The SMILES string of the molecule is O=C(CN1CCN(S(=O)(=O)c2cccs2)CC1)N(Cc1ccccc1)[C@H]1CCS(=O)(=O)C1. The molecule has 174 valence electrons. The number of hydrogen-bond acceptors (Lipinski definition) is 7. The maximum Gasteiger partial charge on any atom is 0.252 e.